The Morgan fingerprint density at radius 1 is 1.45 bits per heavy atom. The zero-order valence-electron chi connectivity index (χ0n) is 13.6. The molecule has 0 aromatic carbocycles. The second kappa shape index (κ2) is 6.47. The molecule has 1 aliphatic carbocycles. The summed E-state index contributed by atoms with van der Waals surface area (Å²) >= 11 is 6.87. The van der Waals surface area contributed by atoms with Gasteiger partial charge in [-0.05, 0) is 41.7 Å². The Kier molecular flexibility index (Phi) is 5.03. The van der Waals surface area contributed by atoms with Gasteiger partial charge < -0.3 is 5.32 Å². The van der Waals surface area contributed by atoms with Crippen molar-refractivity contribution in [1.29, 1.82) is 5.26 Å². The van der Waals surface area contributed by atoms with E-state index < -0.39 is 0 Å². The fourth-order valence-corrected chi connectivity index (χ4v) is 4.21. The van der Waals surface area contributed by atoms with Crippen molar-refractivity contribution in [3.8, 4) is 6.07 Å². The first-order valence-corrected chi connectivity index (χ1v) is 8.82. The molecular weight excluding hydrogens is 312 g/mol. The van der Waals surface area contributed by atoms with E-state index in [0.29, 0.717) is 22.9 Å². The minimum atomic E-state index is -0.0814. The summed E-state index contributed by atoms with van der Waals surface area (Å²) in [7, 11) is 0. The Hall–Kier alpha value is -1.25. The molecule has 1 heterocycles. The molecule has 0 bridgehead atoms. The van der Waals surface area contributed by atoms with Crippen LogP contribution < -0.4 is 5.32 Å². The molecule has 3 nitrogen and oxygen atoms in total. The molecule has 5 heteroatoms. The summed E-state index contributed by atoms with van der Waals surface area (Å²) in [5.74, 6) is 0.549. The molecule has 1 amide bonds. The number of anilines is 1. The number of carbonyl (C=O) groups is 1. The van der Waals surface area contributed by atoms with E-state index in [0.717, 1.165) is 34.2 Å². The van der Waals surface area contributed by atoms with Crippen LogP contribution in [0.25, 0.3) is 0 Å². The van der Waals surface area contributed by atoms with Gasteiger partial charge in [-0.15, -0.1) is 11.3 Å². The van der Waals surface area contributed by atoms with Crippen LogP contribution in [0.1, 0.15) is 57.2 Å². The average Bonchev–Trinajstić information content (AvgIpc) is 2.37. The van der Waals surface area contributed by atoms with Crippen molar-refractivity contribution in [2.45, 2.75) is 53.4 Å². The quantitative estimate of drug-likeness (QED) is 0.787. The van der Waals surface area contributed by atoms with Crippen molar-refractivity contribution in [2.75, 3.05) is 5.32 Å². The molecule has 0 saturated heterocycles. The molecule has 22 heavy (non-hydrogen) atoms. The van der Waals surface area contributed by atoms with Crippen LogP contribution in [0.4, 0.5) is 5.00 Å². The summed E-state index contributed by atoms with van der Waals surface area (Å²) in [4.78, 5) is 12.2. The lowest BCUT2D eigenvalue weighted by Crippen LogP contribution is -2.21. The lowest BCUT2D eigenvalue weighted by Gasteiger charge is -2.24. The number of hydrogen-bond donors (Lipinski definition) is 1. The van der Waals surface area contributed by atoms with Crippen LogP contribution in [0.15, 0.2) is 0 Å². The second-order valence-corrected chi connectivity index (χ2v) is 8.98. The average molecular weight is 335 g/mol. The fourth-order valence-electron chi connectivity index (χ4n) is 2.80. The maximum Gasteiger partial charge on any atom is 0.225 e. The molecular formula is C17H22N2OS2. The minimum absolute atomic E-state index is 0.0567. The molecule has 0 saturated carbocycles. The van der Waals surface area contributed by atoms with Crippen LogP contribution in [-0.4, -0.2) is 5.91 Å². The largest absolute Gasteiger partial charge is 0.317 e. The Bertz CT molecular complexity index is 692. The molecule has 118 valence electrons. The number of nitrogens with one attached hydrogen (secondary N) is 1. The Morgan fingerprint density at radius 3 is 2.73 bits per heavy atom. The monoisotopic (exact) mass is 334 g/mol. The van der Waals surface area contributed by atoms with Crippen molar-refractivity contribution >= 4 is 34.5 Å². The SMILES string of the molecule is CC1CCc2c(C#N)c(NC(=O)CC(C)(C)C)sc(=S)c2C1. The smallest absolute Gasteiger partial charge is 0.225 e. The molecule has 1 atom stereocenters. The van der Waals surface area contributed by atoms with Crippen LogP contribution in [-0.2, 0) is 17.6 Å². The van der Waals surface area contributed by atoms with E-state index in [2.05, 4.69) is 18.3 Å². The van der Waals surface area contributed by atoms with Crippen molar-refractivity contribution in [2.24, 2.45) is 11.3 Å². The zero-order chi connectivity index (χ0) is 16.5. The van der Waals surface area contributed by atoms with E-state index in [1.165, 1.54) is 11.3 Å². The summed E-state index contributed by atoms with van der Waals surface area (Å²) in [5, 5.41) is 13.1. The van der Waals surface area contributed by atoms with E-state index in [9.17, 15) is 10.1 Å². The molecule has 1 aromatic heterocycles. The minimum Gasteiger partial charge on any atom is -0.317 e. The van der Waals surface area contributed by atoms with Gasteiger partial charge in [0.2, 0.25) is 5.91 Å². The highest BCUT2D eigenvalue weighted by molar-refractivity contribution is 7.73. The molecule has 1 aliphatic rings. The van der Waals surface area contributed by atoms with Gasteiger partial charge in [-0.1, -0.05) is 39.9 Å². The summed E-state index contributed by atoms with van der Waals surface area (Å²) in [6.45, 7) is 8.28. The molecule has 1 unspecified atom stereocenters. The Labute approximate surface area is 141 Å². The molecule has 0 aliphatic heterocycles. The predicted molar refractivity (Wildman–Crippen MR) is 93.8 cm³/mol. The molecule has 0 spiro atoms. The number of carbonyl (C=O) groups excluding carboxylic acids is 1. The maximum absolute atomic E-state index is 12.2. The van der Waals surface area contributed by atoms with Crippen molar-refractivity contribution in [3.05, 3.63) is 20.5 Å². The first-order chi connectivity index (χ1) is 10.2. The number of hydrogen-bond acceptors (Lipinski definition) is 4. The van der Waals surface area contributed by atoms with E-state index in [-0.39, 0.29) is 11.3 Å². The molecule has 2 rings (SSSR count). The fraction of sp³-hybridized carbons (Fsp3) is 0.588. The summed E-state index contributed by atoms with van der Waals surface area (Å²) in [5.41, 5.74) is 2.73. The van der Waals surface area contributed by atoms with Crippen LogP contribution in [0.3, 0.4) is 0 Å². The zero-order valence-corrected chi connectivity index (χ0v) is 15.2. The third-order valence-electron chi connectivity index (χ3n) is 3.83. The first kappa shape index (κ1) is 17.1. The van der Waals surface area contributed by atoms with E-state index in [1.807, 2.05) is 20.8 Å². The van der Waals surface area contributed by atoms with Gasteiger partial charge >= 0.3 is 0 Å². The van der Waals surface area contributed by atoms with Crippen molar-refractivity contribution < 1.29 is 4.79 Å². The van der Waals surface area contributed by atoms with Crippen molar-refractivity contribution in [3.63, 3.8) is 0 Å². The molecule has 0 fully saturated rings. The first-order valence-electron chi connectivity index (χ1n) is 7.60. The van der Waals surface area contributed by atoms with Gasteiger partial charge in [0, 0.05) is 6.42 Å². The van der Waals surface area contributed by atoms with Crippen LogP contribution in [0, 0.1) is 26.5 Å². The Balaban J connectivity index is 2.38. The highest BCUT2D eigenvalue weighted by Gasteiger charge is 2.24. The van der Waals surface area contributed by atoms with Gasteiger partial charge in [-0.2, -0.15) is 5.26 Å². The highest BCUT2D eigenvalue weighted by Crippen LogP contribution is 2.36. The number of amides is 1. The number of nitrogens with zero attached hydrogens (tertiary/aromatic N) is 1. The number of fused-ring (bicyclic) bond motifs is 1. The molecule has 1 aromatic rings. The highest BCUT2D eigenvalue weighted by atomic mass is 32.1. The third-order valence-corrected chi connectivity index (χ3v) is 5.27. The van der Waals surface area contributed by atoms with E-state index >= 15 is 0 Å². The topological polar surface area (TPSA) is 52.9 Å². The lowest BCUT2D eigenvalue weighted by molar-refractivity contribution is -0.117. The van der Waals surface area contributed by atoms with Gasteiger partial charge in [0.15, 0.2) is 0 Å². The van der Waals surface area contributed by atoms with Gasteiger partial charge in [0.05, 0.1) is 9.39 Å². The molecule has 1 N–H and O–H groups in total. The standard InChI is InChI=1S/C17H22N2OS2/c1-10-5-6-11-12(7-10)16(21)22-15(13(11)9-18)19-14(20)8-17(2,3)4/h10H,5-8H2,1-4H3,(H,19,20). The van der Waals surface area contributed by atoms with Gasteiger partial charge in [0.1, 0.15) is 11.1 Å². The van der Waals surface area contributed by atoms with Gasteiger partial charge in [-0.25, -0.2) is 0 Å². The predicted octanol–water partition coefficient (Wildman–Crippen LogP) is 4.85. The Morgan fingerprint density at radius 2 is 2.14 bits per heavy atom. The van der Waals surface area contributed by atoms with Crippen molar-refractivity contribution in [1.82, 2.24) is 0 Å². The van der Waals surface area contributed by atoms with Crippen LogP contribution in [0.2, 0.25) is 0 Å². The normalized spacial score (nSPS) is 17.5. The summed E-state index contributed by atoms with van der Waals surface area (Å²) < 4.78 is 0.812. The maximum atomic E-state index is 12.2. The second-order valence-electron chi connectivity index (χ2n) is 7.30. The molecule has 0 radical (unpaired) electrons. The van der Waals surface area contributed by atoms with Gasteiger partial charge in [0.25, 0.3) is 0 Å². The lowest BCUT2D eigenvalue weighted by atomic mass is 9.85. The summed E-state index contributed by atoms with van der Waals surface area (Å²) in [6.07, 6.45) is 3.31. The third kappa shape index (κ3) is 3.93. The van der Waals surface area contributed by atoms with E-state index in [1.54, 1.807) is 0 Å². The summed E-state index contributed by atoms with van der Waals surface area (Å²) in [6, 6.07) is 2.28. The van der Waals surface area contributed by atoms with Gasteiger partial charge in [-0.3, -0.25) is 4.79 Å². The van der Waals surface area contributed by atoms with Crippen LogP contribution >= 0.6 is 23.6 Å². The van der Waals surface area contributed by atoms with Crippen LogP contribution in [0.5, 0.6) is 0 Å². The number of nitriles is 1. The number of rotatable bonds is 2. The van der Waals surface area contributed by atoms with E-state index in [4.69, 9.17) is 12.2 Å².